The van der Waals surface area contributed by atoms with Gasteiger partial charge in [0.15, 0.2) is 0 Å². The number of carbonyl (C=O) groups is 1. The largest absolute Gasteiger partial charge is 0.354 e. The third-order valence-electron chi connectivity index (χ3n) is 4.72. The molecule has 1 N–H and O–H groups in total. The predicted octanol–water partition coefficient (Wildman–Crippen LogP) is 2.70. The third kappa shape index (κ3) is 3.64. The van der Waals surface area contributed by atoms with Gasteiger partial charge in [-0.05, 0) is 41.8 Å². The summed E-state index contributed by atoms with van der Waals surface area (Å²) in [5.41, 5.74) is 1.28. The summed E-state index contributed by atoms with van der Waals surface area (Å²) in [5, 5.41) is 4.33. The highest BCUT2D eigenvalue weighted by atomic mass is 19.1. The number of nitrogens with one attached hydrogen (secondary N) is 1. The van der Waals surface area contributed by atoms with Crippen LogP contribution in [0.25, 0.3) is 21.8 Å². The molecule has 0 aliphatic heterocycles. The number of halogens is 1. The molecule has 0 radical (unpaired) electrons. The number of hydrogen-bond donors (Lipinski definition) is 1. The lowest BCUT2D eigenvalue weighted by Crippen LogP contribution is -2.29. The van der Waals surface area contributed by atoms with Gasteiger partial charge in [0.1, 0.15) is 5.82 Å². The number of carbonyl (C=O) groups excluding carboxylic acids is 1. The summed E-state index contributed by atoms with van der Waals surface area (Å²) in [5.74, 6) is -0.436. The Kier molecular flexibility index (Phi) is 4.89. The second-order valence-corrected chi connectivity index (χ2v) is 6.57. The molecule has 28 heavy (non-hydrogen) atoms. The highest BCUT2D eigenvalue weighted by Crippen LogP contribution is 2.16. The molecule has 0 saturated carbocycles. The lowest BCUT2D eigenvalue weighted by molar-refractivity contribution is -0.121. The van der Waals surface area contributed by atoms with Gasteiger partial charge in [-0.25, -0.2) is 9.37 Å². The second kappa shape index (κ2) is 7.64. The minimum Gasteiger partial charge on any atom is -0.354 e. The molecule has 1 amide bonds. The normalized spacial score (nSPS) is 11.2. The van der Waals surface area contributed by atoms with Gasteiger partial charge in [0.2, 0.25) is 5.91 Å². The van der Waals surface area contributed by atoms with Crippen molar-refractivity contribution in [1.29, 1.82) is 0 Å². The van der Waals surface area contributed by atoms with E-state index in [-0.39, 0.29) is 30.2 Å². The number of rotatable bonds is 6. The number of aryl methyl sites for hydroxylation is 1. The molecule has 2 heterocycles. The van der Waals surface area contributed by atoms with Crippen molar-refractivity contribution in [2.75, 3.05) is 6.54 Å². The van der Waals surface area contributed by atoms with Crippen LogP contribution in [0.15, 0.2) is 65.8 Å². The van der Waals surface area contributed by atoms with Crippen LogP contribution in [0.2, 0.25) is 0 Å². The molecule has 0 saturated heterocycles. The molecule has 0 bridgehead atoms. The topological polar surface area (TPSA) is 68.9 Å². The van der Waals surface area contributed by atoms with Gasteiger partial charge in [-0.1, -0.05) is 12.1 Å². The number of fused-ring (bicyclic) bond motifs is 2. The van der Waals surface area contributed by atoms with Crippen LogP contribution in [0.4, 0.5) is 4.39 Å². The fraction of sp³-hybridized carbons (Fsp3) is 0.190. The van der Waals surface area contributed by atoms with E-state index in [2.05, 4.69) is 10.3 Å². The number of aromatic nitrogens is 3. The average molecular weight is 378 g/mol. The van der Waals surface area contributed by atoms with Gasteiger partial charge < -0.3 is 9.88 Å². The van der Waals surface area contributed by atoms with Crippen molar-refractivity contribution in [3.05, 3.63) is 77.2 Å². The predicted molar refractivity (Wildman–Crippen MR) is 106 cm³/mol. The summed E-state index contributed by atoms with van der Waals surface area (Å²) in [6.45, 7) is 1.22. The van der Waals surface area contributed by atoms with E-state index in [1.165, 1.54) is 23.0 Å². The Hall–Kier alpha value is -3.48. The Labute approximate surface area is 160 Å². The van der Waals surface area contributed by atoms with E-state index in [4.69, 9.17) is 0 Å². The number of hydrogen-bond acceptors (Lipinski definition) is 3. The van der Waals surface area contributed by atoms with Crippen molar-refractivity contribution < 1.29 is 9.18 Å². The molecule has 4 rings (SSSR count). The van der Waals surface area contributed by atoms with Crippen LogP contribution >= 0.6 is 0 Å². The van der Waals surface area contributed by atoms with Crippen molar-refractivity contribution in [3.8, 4) is 0 Å². The number of benzene rings is 2. The van der Waals surface area contributed by atoms with E-state index in [0.717, 1.165) is 10.9 Å². The first-order chi connectivity index (χ1) is 13.6. The molecule has 0 aliphatic carbocycles. The molecule has 142 valence electrons. The SMILES string of the molecule is O=C(CCn1cnc2ccccc2c1=O)NCCn1ccc2ccc(F)cc21. The Morgan fingerprint density at radius 2 is 1.93 bits per heavy atom. The molecular weight excluding hydrogens is 359 g/mol. The van der Waals surface area contributed by atoms with Crippen LogP contribution in [0, 0.1) is 5.82 Å². The van der Waals surface area contributed by atoms with E-state index in [1.54, 1.807) is 24.3 Å². The fourth-order valence-corrected chi connectivity index (χ4v) is 3.24. The molecule has 6 nitrogen and oxygen atoms in total. The van der Waals surface area contributed by atoms with E-state index in [9.17, 15) is 14.0 Å². The molecule has 7 heteroatoms. The number of amides is 1. The van der Waals surface area contributed by atoms with Gasteiger partial charge >= 0.3 is 0 Å². The molecule has 0 aliphatic rings. The monoisotopic (exact) mass is 378 g/mol. The highest BCUT2D eigenvalue weighted by molar-refractivity contribution is 5.80. The van der Waals surface area contributed by atoms with Crippen LogP contribution in [-0.2, 0) is 17.9 Å². The Bertz CT molecular complexity index is 1210. The van der Waals surface area contributed by atoms with Gasteiger partial charge in [-0.15, -0.1) is 0 Å². The van der Waals surface area contributed by atoms with Crippen LogP contribution in [0.1, 0.15) is 6.42 Å². The number of para-hydroxylation sites is 1. The van der Waals surface area contributed by atoms with Crippen LogP contribution in [-0.4, -0.2) is 26.6 Å². The summed E-state index contributed by atoms with van der Waals surface area (Å²) in [7, 11) is 0. The van der Waals surface area contributed by atoms with E-state index < -0.39 is 0 Å². The maximum atomic E-state index is 13.4. The highest BCUT2D eigenvalue weighted by Gasteiger charge is 2.07. The molecule has 2 aromatic carbocycles. The van der Waals surface area contributed by atoms with Gasteiger partial charge in [0.25, 0.3) is 5.56 Å². The fourth-order valence-electron chi connectivity index (χ4n) is 3.24. The zero-order valence-electron chi connectivity index (χ0n) is 15.1. The summed E-state index contributed by atoms with van der Waals surface area (Å²) < 4.78 is 16.8. The molecule has 4 aromatic rings. The first-order valence-corrected chi connectivity index (χ1v) is 9.07. The third-order valence-corrected chi connectivity index (χ3v) is 4.72. The van der Waals surface area contributed by atoms with Crippen LogP contribution < -0.4 is 10.9 Å². The van der Waals surface area contributed by atoms with Crippen molar-refractivity contribution in [2.45, 2.75) is 19.5 Å². The van der Waals surface area contributed by atoms with E-state index in [1.807, 2.05) is 22.9 Å². The minimum absolute atomic E-state index is 0.150. The van der Waals surface area contributed by atoms with Crippen molar-refractivity contribution in [3.63, 3.8) is 0 Å². The zero-order chi connectivity index (χ0) is 19.5. The van der Waals surface area contributed by atoms with Gasteiger partial charge in [0.05, 0.1) is 22.7 Å². The molecule has 2 aromatic heterocycles. The summed E-state index contributed by atoms with van der Waals surface area (Å²) >= 11 is 0. The molecule has 0 atom stereocenters. The van der Waals surface area contributed by atoms with Crippen LogP contribution in [0.5, 0.6) is 0 Å². The zero-order valence-corrected chi connectivity index (χ0v) is 15.1. The lowest BCUT2D eigenvalue weighted by Gasteiger charge is -2.09. The Balaban J connectivity index is 1.33. The molecule has 0 unspecified atom stereocenters. The van der Waals surface area contributed by atoms with Crippen molar-refractivity contribution >= 4 is 27.7 Å². The molecular formula is C21H19FN4O2. The first-order valence-electron chi connectivity index (χ1n) is 9.07. The standard InChI is InChI=1S/C21H19FN4O2/c22-16-6-5-15-7-10-25(19(15)13-16)12-9-23-20(27)8-11-26-14-24-18-4-2-1-3-17(18)21(26)28/h1-7,10,13-14H,8-9,11-12H2,(H,23,27). The minimum atomic E-state index is -0.286. The number of nitrogens with zero attached hydrogens (tertiary/aromatic N) is 3. The Morgan fingerprint density at radius 3 is 2.82 bits per heavy atom. The first kappa shape index (κ1) is 17.9. The van der Waals surface area contributed by atoms with Gasteiger partial charge in [-0.2, -0.15) is 0 Å². The van der Waals surface area contributed by atoms with E-state index in [0.29, 0.717) is 24.0 Å². The van der Waals surface area contributed by atoms with Gasteiger partial charge in [-0.3, -0.25) is 14.2 Å². The summed E-state index contributed by atoms with van der Waals surface area (Å²) in [6, 6.07) is 13.7. The van der Waals surface area contributed by atoms with Crippen LogP contribution in [0.3, 0.4) is 0 Å². The van der Waals surface area contributed by atoms with E-state index >= 15 is 0 Å². The maximum absolute atomic E-state index is 13.4. The second-order valence-electron chi connectivity index (χ2n) is 6.57. The lowest BCUT2D eigenvalue weighted by atomic mass is 10.2. The molecule has 0 fully saturated rings. The summed E-state index contributed by atoms with van der Waals surface area (Å²) in [6.07, 6.45) is 3.52. The van der Waals surface area contributed by atoms with Gasteiger partial charge in [0, 0.05) is 32.3 Å². The smallest absolute Gasteiger partial charge is 0.261 e. The maximum Gasteiger partial charge on any atom is 0.261 e. The summed E-state index contributed by atoms with van der Waals surface area (Å²) in [4.78, 5) is 28.8. The quantitative estimate of drug-likeness (QED) is 0.561. The van der Waals surface area contributed by atoms with Crippen molar-refractivity contribution in [1.82, 2.24) is 19.4 Å². The Morgan fingerprint density at radius 1 is 1.07 bits per heavy atom. The average Bonchev–Trinajstić information content (AvgIpc) is 3.10. The molecule has 0 spiro atoms. The van der Waals surface area contributed by atoms with Crippen molar-refractivity contribution in [2.24, 2.45) is 0 Å².